The summed E-state index contributed by atoms with van der Waals surface area (Å²) >= 11 is 0. The topological polar surface area (TPSA) is 26.0 Å². The largest absolute Gasteiger partial charge is 0.483 e. The van der Waals surface area contributed by atoms with Crippen LogP contribution in [0.15, 0.2) is 41.2 Å². The van der Waals surface area contributed by atoms with E-state index in [0.717, 1.165) is 12.3 Å². The molecular formula is C11H11N2O+. The molecule has 1 unspecified atom stereocenters. The van der Waals surface area contributed by atoms with Gasteiger partial charge in [-0.25, -0.2) is 4.99 Å². The molecular weight excluding hydrogens is 176 g/mol. The molecule has 0 spiro atoms. The Morgan fingerprint density at radius 3 is 3.21 bits per heavy atom. The third kappa shape index (κ3) is 1.14. The van der Waals surface area contributed by atoms with Gasteiger partial charge in [0.1, 0.15) is 12.3 Å². The fourth-order valence-corrected chi connectivity index (χ4v) is 1.82. The monoisotopic (exact) mass is 187 g/mol. The Kier molecular flexibility index (Phi) is 1.64. The number of ether oxygens (including phenoxy) is 1. The van der Waals surface area contributed by atoms with Crippen LogP contribution in [0.25, 0.3) is 0 Å². The molecule has 3 rings (SSSR count). The second-order valence-corrected chi connectivity index (χ2v) is 3.53. The van der Waals surface area contributed by atoms with E-state index in [2.05, 4.69) is 11.1 Å². The van der Waals surface area contributed by atoms with Gasteiger partial charge in [0.15, 0.2) is 18.6 Å². The van der Waals surface area contributed by atoms with E-state index < -0.39 is 0 Å². The fraction of sp³-hybridized carbons (Fsp3) is 0.182. The summed E-state index contributed by atoms with van der Waals surface area (Å²) in [6.45, 7) is 1.58. The van der Waals surface area contributed by atoms with Gasteiger partial charge in [-0.1, -0.05) is 12.1 Å². The minimum atomic E-state index is 0.645. The first-order valence-corrected chi connectivity index (χ1v) is 4.72. The molecule has 0 aromatic heterocycles. The Morgan fingerprint density at radius 1 is 1.29 bits per heavy atom. The molecule has 1 aromatic carbocycles. The highest BCUT2D eigenvalue weighted by molar-refractivity contribution is 5.50. The molecule has 14 heavy (non-hydrogen) atoms. The number of nitrogens with one attached hydrogen (secondary N) is 1. The minimum Gasteiger partial charge on any atom is -0.483 e. The van der Waals surface area contributed by atoms with Crippen molar-refractivity contribution in [2.24, 2.45) is 4.99 Å². The summed E-state index contributed by atoms with van der Waals surface area (Å²) in [4.78, 5) is 5.43. The first-order chi connectivity index (χ1) is 6.93. The van der Waals surface area contributed by atoms with Gasteiger partial charge in [0.2, 0.25) is 0 Å². The Labute approximate surface area is 82.3 Å². The molecule has 0 aliphatic carbocycles. The summed E-state index contributed by atoms with van der Waals surface area (Å²) in [6.07, 6.45) is 3.82. The lowest BCUT2D eigenvalue weighted by Crippen LogP contribution is -3.07. The minimum absolute atomic E-state index is 0.645. The zero-order valence-corrected chi connectivity index (χ0v) is 7.73. The molecule has 0 saturated heterocycles. The van der Waals surface area contributed by atoms with Crippen molar-refractivity contribution in [3.63, 3.8) is 0 Å². The van der Waals surface area contributed by atoms with E-state index in [9.17, 15) is 0 Å². The fourth-order valence-electron chi connectivity index (χ4n) is 1.82. The van der Waals surface area contributed by atoms with Gasteiger partial charge in [-0.05, 0) is 12.1 Å². The summed E-state index contributed by atoms with van der Waals surface area (Å²) in [6, 6.07) is 8.18. The highest BCUT2D eigenvalue weighted by atomic mass is 16.5. The molecule has 3 heteroatoms. The molecule has 0 bridgehead atoms. The van der Waals surface area contributed by atoms with Crippen molar-refractivity contribution < 1.29 is 9.64 Å². The first-order valence-electron chi connectivity index (χ1n) is 4.72. The number of quaternary nitrogens is 1. The average Bonchev–Trinajstić information content (AvgIpc) is 2.58. The van der Waals surface area contributed by atoms with Gasteiger partial charge in [-0.2, -0.15) is 0 Å². The maximum absolute atomic E-state index is 5.69. The molecule has 3 nitrogen and oxygen atoms in total. The number of nitrogens with zero attached hydrogens (tertiary/aromatic N) is 1. The summed E-state index contributed by atoms with van der Waals surface area (Å²) in [5.41, 5.74) is 2.46. The number of benzene rings is 1. The van der Waals surface area contributed by atoms with E-state index >= 15 is 0 Å². The number of rotatable bonds is 0. The van der Waals surface area contributed by atoms with Crippen LogP contribution in [0.4, 0.5) is 0 Å². The van der Waals surface area contributed by atoms with Gasteiger partial charge < -0.3 is 4.74 Å². The van der Waals surface area contributed by atoms with Crippen LogP contribution in [0, 0.1) is 0 Å². The van der Waals surface area contributed by atoms with Gasteiger partial charge in [0.05, 0.1) is 6.20 Å². The third-order valence-corrected chi connectivity index (χ3v) is 2.61. The van der Waals surface area contributed by atoms with Gasteiger partial charge in [-0.15, -0.1) is 0 Å². The molecule has 2 aliphatic rings. The molecule has 1 aromatic rings. The van der Waals surface area contributed by atoms with E-state index in [-0.39, 0.29) is 0 Å². The van der Waals surface area contributed by atoms with Crippen molar-refractivity contribution in [2.45, 2.75) is 6.54 Å². The average molecular weight is 187 g/mol. The van der Waals surface area contributed by atoms with Crippen molar-refractivity contribution in [1.29, 1.82) is 0 Å². The van der Waals surface area contributed by atoms with Crippen LogP contribution in [-0.2, 0) is 6.54 Å². The van der Waals surface area contributed by atoms with E-state index in [0.29, 0.717) is 6.61 Å². The van der Waals surface area contributed by atoms with Crippen molar-refractivity contribution in [1.82, 2.24) is 0 Å². The number of para-hydroxylation sites is 1. The van der Waals surface area contributed by atoms with Gasteiger partial charge in [0, 0.05) is 5.56 Å². The van der Waals surface area contributed by atoms with Crippen LogP contribution in [-0.4, -0.2) is 12.9 Å². The van der Waals surface area contributed by atoms with Crippen molar-refractivity contribution >= 4 is 6.34 Å². The molecule has 0 amide bonds. The molecule has 0 fully saturated rings. The summed E-state index contributed by atoms with van der Waals surface area (Å²) in [5.74, 6) is 1.00. The summed E-state index contributed by atoms with van der Waals surface area (Å²) in [5, 5.41) is 0. The standard InChI is InChI=1S/C11H10N2O/c1-2-4-11-9(3-1)6-13-8-12-5-10(13)7-14-11/h1-5,8H,6-7H2/p+1. The summed E-state index contributed by atoms with van der Waals surface area (Å²) < 4.78 is 5.69. The second-order valence-electron chi connectivity index (χ2n) is 3.53. The van der Waals surface area contributed by atoms with E-state index in [4.69, 9.17) is 4.74 Å². The Hall–Kier alpha value is -1.61. The van der Waals surface area contributed by atoms with Crippen LogP contribution >= 0.6 is 0 Å². The highest BCUT2D eigenvalue weighted by Gasteiger charge is 2.24. The van der Waals surface area contributed by atoms with Crippen molar-refractivity contribution in [3.8, 4) is 5.75 Å². The number of aliphatic imine (C=N–C) groups is 1. The summed E-state index contributed by atoms with van der Waals surface area (Å²) in [7, 11) is 0. The maximum Gasteiger partial charge on any atom is 0.193 e. The molecule has 1 N–H and O–H groups in total. The smallest absolute Gasteiger partial charge is 0.193 e. The van der Waals surface area contributed by atoms with Crippen molar-refractivity contribution in [2.75, 3.05) is 6.61 Å². The molecule has 70 valence electrons. The van der Waals surface area contributed by atoms with Gasteiger partial charge in [-0.3, -0.25) is 4.90 Å². The Bertz CT molecular complexity index is 423. The lowest BCUT2D eigenvalue weighted by atomic mass is 10.2. The van der Waals surface area contributed by atoms with E-state index in [1.54, 1.807) is 0 Å². The van der Waals surface area contributed by atoms with Crippen molar-refractivity contribution in [3.05, 3.63) is 41.7 Å². The highest BCUT2D eigenvalue weighted by Crippen LogP contribution is 2.19. The van der Waals surface area contributed by atoms with Crippen LogP contribution in [0.5, 0.6) is 5.75 Å². The quantitative estimate of drug-likeness (QED) is 0.623. The number of hydrogen-bond acceptors (Lipinski definition) is 2. The number of fused-ring (bicyclic) bond motifs is 2. The third-order valence-electron chi connectivity index (χ3n) is 2.61. The Balaban J connectivity index is 2.01. The van der Waals surface area contributed by atoms with Gasteiger partial charge >= 0.3 is 0 Å². The molecule has 2 heterocycles. The first kappa shape index (κ1) is 7.76. The SMILES string of the molecule is C1=NC=C2COc3ccccc3C[NH+]12. The lowest BCUT2D eigenvalue weighted by molar-refractivity contribution is -0.768. The zero-order valence-electron chi connectivity index (χ0n) is 7.73. The number of hydrogen-bond donors (Lipinski definition) is 1. The van der Waals surface area contributed by atoms with Crippen LogP contribution < -0.4 is 9.64 Å². The molecule has 1 atom stereocenters. The van der Waals surface area contributed by atoms with Gasteiger partial charge in [0.25, 0.3) is 0 Å². The molecule has 0 saturated carbocycles. The van der Waals surface area contributed by atoms with Crippen LogP contribution in [0.2, 0.25) is 0 Å². The van der Waals surface area contributed by atoms with Crippen LogP contribution in [0.3, 0.4) is 0 Å². The predicted molar refractivity (Wildman–Crippen MR) is 53.2 cm³/mol. The molecule has 0 radical (unpaired) electrons. The zero-order chi connectivity index (χ0) is 9.38. The van der Waals surface area contributed by atoms with Crippen LogP contribution in [0.1, 0.15) is 5.56 Å². The Morgan fingerprint density at radius 2 is 2.21 bits per heavy atom. The van der Waals surface area contributed by atoms with E-state index in [1.807, 2.05) is 30.7 Å². The van der Waals surface area contributed by atoms with E-state index in [1.165, 1.54) is 16.2 Å². The maximum atomic E-state index is 5.69. The molecule has 2 aliphatic heterocycles. The predicted octanol–water partition coefficient (Wildman–Crippen LogP) is 0.347. The normalized spacial score (nSPS) is 23.1. The lowest BCUT2D eigenvalue weighted by Gasteiger charge is -2.06. The second kappa shape index (κ2) is 2.96.